The van der Waals surface area contributed by atoms with Gasteiger partial charge in [0.05, 0.1) is 6.34 Å². The van der Waals surface area contributed by atoms with Crippen molar-refractivity contribution in [3.05, 3.63) is 11.5 Å². The van der Waals surface area contributed by atoms with Crippen LogP contribution >= 0.6 is 0 Å². The molecule has 0 fully saturated rings. The van der Waals surface area contributed by atoms with Crippen LogP contribution in [0.1, 0.15) is 18.4 Å². The lowest BCUT2D eigenvalue weighted by molar-refractivity contribution is 0.987. The molecule has 0 aromatic carbocycles. The number of hydrogen-bond acceptors (Lipinski definition) is 3. The molecule has 0 aliphatic heterocycles. The Bertz CT molecular complexity index is 362. The molecule has 0 radical (unpaired) electrons. The van der Waals surface area contributed by atoms with Gasteiger partial charge in [0.15, 0.2) is 5.82 Å². The summed E-state index contributed by atoms with van der Waals surface area (Å²) < 4.78 is 0. The Kier molecular flexibility index (Phi) is 3.22. The summed E-state index contributed by atoms with van der Waals surface area (Å²) in [7, 11) is 1.61. The van der Waals surface area contributed by atoms with Crippen LogP contribution in [0.3, 0.4) is 0 Å². The number of imidazole rings is 1. The van der Waals surface area contributed by atoms with Crippen molar-refractivity contribution in [1.29, 1.82) is 0 Å². The average Bonchev–Trinajstić information content (AvgIpc) is 2.61. The van der Waals surface area contributed by atoms with E-state index in [1.165, 1.54) is 6.34 Å². The zero-order valence-electron chi connectivity index (χ0n) is 8.28. The lowest BCUT2D eigenvalue weighted by atomic mass is 10.4. The maximum Gasteiger partial charge on any atom is 0.182 e. The number of amidine groups is 1. The van der Waals surface area contributed by atoms with Crippen LogP contribution in [0.25, 0.3) is 0 Å². The van der Waals surface area contributed by atoms with E-state index in [1.807, 2.05) is 6.92 Å². The first-order chi connectivity index (χ1) is 6.72. The molecule has 1 rings (SSSR count). The highest BCUT2D eigenvalue weighted by Gasteiger charge is 2.10. The molecule has 0 bridgehead atoms. The maximum absolute atomic E-state index is 5.66. The summed E-state index contributed by atoms with van der Waals surface area (Å²) in [4.78, 5) is 15.0. The monoisotopic (exact) mass is 194 g/mol. The van der Waals surface area contributed by atoms with E-state index in [9.17, 15) is 0 Å². The van der Waals surface area contributed by atoms with Gasteiger partial charge in [-0.2, -0.15) is 0 Å². The lowest BCUT2D eigenvalue weighted by Gasteiger charge is -1.95. The summed E-state index contributed by atoms with van der Waals surface area (Å²) in [5.41, 5.74) is 11.5. The number of aromatic amines is 1. The van der Waals surface area contributed by atoms with Gasteiger partial charge in [-0.1, -0.05) is 6.92 Å². The minimum Gasteiger partial charge on any atom is -0.390 e. The van der Waals surface area contributed by atoms with Crippen LogP contribution < -0.4 is 11.5 Å². The Morgan fingerprint density at radius 1 is 1.64 bits per heavy atom. The first-order valence-electron chi connectivity index (χ1n) is 4.28. The van der Waals surface area contributed by atoms with Crippen LogP contribution in [0.2, 0.25) is 0 Å². The van der Waals surface area contributed by atoms with Crippen LogP contribution in [0.4, 0.5) is 5.82 Å². The number of aryl methyl sites for hydroxylation is 1. The quantitative estimate of drug-likeness (QED) is 0.463. The topological polar surface area (TPSA) is 105 Å². The number of nitrogens with one attached hydrogen (secondary N) is 1. The SMILES string of the molecule is CCc1nc(/N=C/N)c(C(N)=NC)[nH]1. The zero-order chi connectivity index (χ0) is 10.6. The van der Waals surface area contributed by atoms with E-state index in [4.69, 9.17) is 11.5 Å². The highest BCUT2D eigenvalue weighted by molar-refractivity contribution is 5.99. The third-order valence-corrected chi connectivity index (χ3v) is 1.76. The number of nitrogens with two attached hydrogens (primary N) is 2. The first-order valence-corrected chi connectivity index (χ1v) is 4.28. The summed E-state index contributed by atoms with van der Waals surface area (Å²) in [5.74, 6) is 1.66. The highest BCUT2D eigenvalue weighted by atomic mass is 15.1. The molecule has 6 heteroatoms. The van der Waals surface area contributed by atoms with Crippen molar-refractivity contribution in [2.75, 3.05) is 7.05 Å². The molecule has 1 heterocycles. The molecule has 0 spiro atoms. The molecule has 0 atom stereocenters. The minimum atomic E-state index is 0.373. The van der Waals surface area contributed by atoms with Crippen molar-refractivity contribution in [3.8, 4) is 0 Å². The molecule has 0 aliphatic carbocycles. The summed E-state index contributed by atoms with van der Waals surface area (Å²) >= 11 is 0. The fourth-order valence-electron chi connectivity index (χ4n) is 1.03. The van der Waals surface area contributed by atoms with Gasteiger partial charge in [-0.15, -0.1) is 0 Å². The summed E-state index contributed by atoms with van der Waals surface area (Å²) in [6.07, 6.45) is 1.96. The Labute approximate surface area is 82.2 Å². The van der Waals surface area contributed by atoms with Crippen molar-refractivity contribution in [2.24, 2.45) is 21.5 Å². The predicted molar refractivity (Wildman–Crippen MR) is 57.0 cm³/mol. The fraction of sp³-hybridized carbons (Fsp3) is 0.375. The predicted octanol–water partition coefficient (Wildman–Crippen LogP) is -0.0743. The van der Waals surface area contributed by atoms with E-state index in [0.717, 1.165) is 12.2 Å². The van der Waals surface area contributed by atoms with Crippen LogP contribution in [0.15, 0.2) is 9.98 Å². The molecule has 0 saturated carbocycles. The van der Waals surface area contributed by atoms with Crippen molar-refractivity contribution >= 4 is 18.0 Å². The third kappa shape index (κ3) is 1.90. The van der Waals surface area contributed by atoms with E-state index in [0.29, 0.717) is 17.3 Å². The number of rotatable bonds is 3. The molecule has 1 aromatic rings. The van der Waals surface area contributed by atoms with Gasteiger partial charge in [-0.3, -0.25) is 4.99 Å². The number of aromatic nitrogens is 2. The van der Waals surface area contributed by atoms with Crippen molar-refractivity contribution in [3.63, 3.8) is 0 Å². The van der Waals surface area contributed by atoms with Gasteiger partial charge in [0.1, 0.15) is 17.4 Å². The van der Waals surface area contributed by atoms with E-state index in [1.54, 1.807) is 7.05 Å². The first kappa shape index (κ1) is 10.2. The van der Waals surface area contributed by atoms with Crippen molar-refractivity contribution in [1.82, 2.24) is 9.97 Å². The zero-order valence-corrected chi connectivity index (χ0v) is 8.28. The Morgan fingerprint density at radius 2 is 2.36 bits per heavy atom. The second-order valence-electron chi connectivity index (χ2n) is 2.62. The van der Waals surface area contributed by atoms with Gasteiger partial charge in [-0.25, -0.2) is 9.98 Å². The average molecular weight is 194 g/mol. The third-order valence-electron chi connectivity index (χ3n) is 1.76. The molecule has 0 amide bonds. The molecule has 14 heavy (non-hydrogen) atoms. The second-order valence-corrected chi connectivity index (χ2v) is 2.62. The molecule has 6 nitrogen and oxygen atoms in total. The molecule has 5 N–H and O–H groups in total. The van der Waals surface area contributed by atoms with E-state index >= 15 is 0 Å². The van der Waals surface area contributed by atoms with Crippen LogP contribution in [-0.4, -0.2) is 29.2 Å². The molecule has 76 valence electrons. The Hall–Kier alpha value is -1.85. The lowest BCUT2D eigenvalue weighted by Crippen LogP contribution is -2.13. The summed E-state index contributed by atoms with van der Waals surface area (Å²) in [5, 5.41) is 0. The molecular weight excluding hydrogens is 180 g/mol. The Balaban J connectivity index is 3.18. The highest BCUT2D eigenvalue weighted by Crippen LogP contribution is 2.15. The fourth-order valence-corrected chi connectivity index (χ4v) is 1.03. The van der Waals surface area contributed by atoms with Crippen LogP contribution in [0.5, 0.6) is 0 Å². The van der Waals surface area contributed by atoms with E-state index in [-0.39, 0.29) is 0 Å². The molecular formula is C8H14N6. The van der Waals surface area contributed by atoms with Gasteiger partial charge < -0.3 is 16.5 Å². The van der Waals surface area contributed by atoms with Crippen LogP contribution in [0, 0.1) is 0 Å². The minimum absolute atomic E-state index is 0.373. The van der Waals surface area contributed by atoms with Gasteiger partial charge in [0.25, 0.3) is 0 Å². The normalized spacial score (nSPS) is 12.6. The van der Waals surface area contributed by atoms with Gasteiger partial charge in [0, 0.05) is 13.5 Å². The maximum atomic E-state index is 5.66. The van der Waals surface area contributed by atoms with Crippen LogP contribution in [-0.2, 0) is 6.42 Å². The van der Waals surface area contributed by atoms with Crippen molar-refractivity contribution < 1.29 is 0 Å². The standard InChI is InChI=1S/C8H14N6/c1-3-5-13-6(7(10)11-2)8(14-5)12-4-9/h4H,3H2,1-2H3,(H2,9,12)(H2,10,11)(H,13,14). The Morgan fingerprint density at radius 3 is 2.86 bits per heavy atom. The van der Waals surface area contributed by atoms with E-state index < -0.39 is 0 Å². The summed E-state index contributed by atoms with van der Waals surface area (Å²) in [6, 6.07) is 0. The van der Waals surface area contributed by atoms with Gasteiger partial charge in [0.2, 0.25) is 0 Å². The number of H-pyrrole nitrogens is 1. The number of aliphatic imine (C=N–C) groups is 2. The van der Waals surface area contributed by atoms with Crippen molar-refractivity contribution in [2.45, 2.75) is 13.3 Å². The van der Waals surface area contributed by atoms with Gasteiger partial charge >= 0.3 is 0 Å². The van der Waals surface area contributed by atoms with E-state index in [2.05, 4.69) is 20.0 Å². The van der Waals surface area contributed by atoms with Gasteiger partial charge in [-0.05, 0) is 0 Å². The molecule has 0 aliphatic rings. The largest absolute Gasteiger partial charge is 0.390 e. The number of nitrogens with zero attached hydrogens (tertiary/aromatic N) is 3. The molecule has 1 aromatic heterocycles. The molecule has 0 unspecified atom stereocenters. The number of hydrogen-bond donors (Lipinski definition) is 3. The molecule has 0 saturated heterocycles. The smallest absolute Gasteiger partial charge is 0.182 e. The summed E-state index contributed by atoms with van der Waals surface area (Å²) in [6.45, 7) is 1.98. The second kappa shape index (κ2) is 4.40.